The third-order valence-corrected chi connectivity index (χ3v) is 5.46. The number of carbonyl (C=O) groups excluding carboxylic acids is 1. The highest BCUT2D eigenvalue weighted by molar-refractivity contribution is 5.78. The van der Waals surface area contributed by atoms with Gasteiger partial charge in [0.2, 0.25) is 5.91 Å². The molecule has 0 aliphatic rings. The molecule has 0 aliphatic carbocycles. The van der Waals surface area contributed by atoms with Crippen molar-refractivity contribution in [3.05, 3.63) is 72.3 Å². The molecule has 0 unspecified atom stereocenters. The number of ether oxygens (including phenoxy) is 2. The summed E-state index contributed by atoms with van der Waals surface area (Å²) in [6, 6.07) is 13.9. The van der Waals surface area contributed by atoms with Gasteiger partial charge >= 0.3 is 0 Å². The molecule has 3 aromatic rings. The molecule has 0 fully saturated rings. The Bertz CT molecular complexity index is 1050. The molecule has 180 valence electrons. The van der Waals surface area contributed by atoms with Crippen LogP contribution in [-0.2, 0) is 11.2 Å². The molecule has 1 heterocycles. The average Bonchev–Trinajstić information content (AvgIpc) is 3.40. The van der Waals surface area contributed by atoms with Gasteiger partial charge in [0.15, 0.2) is 11.5 Å². The summed E-state index contributed by atoms with van der Waals surface area (Å²) in [7, 11) is 5.39. The molecule has 0 aliphatic heterocycles. The smallest absolute Gasteiger partial charge is 0.223 e. The van der Waals surface area contributed by atoms with Crippen LogP contribution in [0.4, 0.5) is 0 Å². The highest BCUT2D eigenvalue weighted by Gasteiger charge is 2.06. The third-order valence-electron chi connectivity index (χ3n) is 5.46. The van der Waals surface area contributed by atoms with E-state index in [9.17, 15) is 4.79 Å². The number of amides is 1. The van der Waals surface area contributed by atoms with E-state index < -0.39 is 0 Å². The molecule has 0 spiro atoms. The highest BCUT2D eigenvalue weighted by Crippen LogP contribution is 2.27. The maximum atomic E-state index is 12.1. The molecule has 34 heavy (non-hydrogen) atoms. The van der Waals surface area contributed by atoms with Crippen molar-refractivity contribution in [3.63, 3.8) is 0 Å². The fourth-order valence-electron chi connectivity index (χ4n) is 3.50. The topological polar surface area (TPSA) is 81.5 Å². The van der Waals surface area contributed by atoms with Crippen LogP contribution in [0.15, 0.2) is 61.2 Å². The Kier molecular flexibility index (Phi) is 9.66. The summed E-state index contributed by atoms with van der Waals surface area (Å²) in [6.45, 7) is 2.52. The number of hydrogen-bond donors (Lipinski definition) is 1. The van der Waals surface area contributed by atoms with E-state index in [4.69, 9.17) is 9.47 Å². The van der Waals surface area contributed by atoms with E-state index in [1.54, 1.807) is 25.2 Å². The van der Waals surface area contributed by atoms with E-state index in [-0.39, 0.29) is 5.91 Å². The summed E-state index contributed by atoms with van der Waals surface area (Å²) in [5.74, 6) is 1.53. The Morgan fingerprint density at radius 3 is 2.59 bits per heavy atom. The van der Waals surface area contributed by atoms with Crippen molar-refractivity contribution in [1.82, 2.24) is 25.0 Å². The minimum Gasteiger partial charge on any atom is -0.493 e. The Balaban J connectivity index is 1.30. The SMILES string of the molecule is COc1ccc(CCN(C)CCCNC(=O)CC=Cc2ccc(-n3cncn3)cc2)cc1OC. The van der Waals surface area contributed by atoms with E-state index in [1.807, 2.05) is 48.6 Å². The molecular formula is C26H33N5O3. The predicted octanol–water partition coefficient (Wildman–Crippen LogP) is 3.37. The molecule has 0 saturated heterocycles. The minimum absolute atomic E-state index is 0.0310. The number of rotatable bonds is 13. The number of carbonyl (C=O) groups is 1. The summed E-state index contributed by atoms with van der Waals surface area (Å²) in [6.07, 6.45) is 9.19. The fraction of sp³-hybridized carbons (Fsp3) is 0.346. The highest BCUT2D eigenvalue weighted by atomic mass is 16.5. The van der Waals surface area contributed by atoms with E-state index in [0.717, 1.165) is 48.7 Å². The molecule has 0 atom stereocenters. The van der Waals surface area contributed by atoms with Crippen molar-refractivity contribution in [2.75, 3.05) is 40.9 Å². The summed E-state index contributed by atoms with van der Waals surface area (Å²) < 4.78 is 12.4. The standard InChI is InChI=1S/C26H33N5O3/c1-30(17-14-22-10-13-24(33-2)25(18-22)34-3)16-5-15-28-26(32)7-4-6-21-8-11-23(12-9-21)31-20-27-19-29-31/h4,6,8-13,18-20H,5,7,14-17H2,1-3H3,(H,28,32). The van der Waals surface area contributed by atoms with Crippen LogP contribution in [0.5, 0.6) is 11.5 Å². The van der Waals surface area contributed by atoms with Crippen LogP contribution in [-0.4, -0.2) is 66.5 Å². The van der Waals surface area contributed by atoms with Crippen molar-refractivity contribution in [2.24, 2.45) is 0 Å². The van der Waals surface area contributed by atoms with Crippen LogP contribution in [0.25, 0.3) is 11.8 Å². The van der Waals surface area contributed by atoms with Crippen LogP contribution in [0, 0.1) is 0 Å². The fourth-order valence-corrected chi connectivity index (χ4v) is 3.50. The van der Waals surface area contributed by atoms with Gasteiger partial charge in [-0.25, -0.2) is 9.67 Å². The molecule has 0 bridgehead atoms. The van der Waals surface area contributed by atoms with Gasteiger partial charge in [0.25, 0.3) is 0 Å². The first kappa shape index (κ1) is 25.0. The van der Waals surface area contributed by atoms with Gasteiger partial charge in [0, 0.05) is 19.5 Å². The monoisotopic (exact) mass is 463 g/mol. The minimum atomic E-state index is 0.0310. The lowest BCUT2D eigenvalue weighted by Crippen LogP contribution is -2.28. The van der Waals surface area contributed by atoms with Crippen LogP contribution in [0.1, 0.15) is 24.0 Å². The van der Waals surface area contributed by atoms with E-state index in [1.165, 1.54) is 11.9 Å². The van der Waals surface area contributed by atoms with E-state index in [0.29, 0.717) is 13.0 Å². The van der Waals surface area contributed by atoms with Gasteiger partial charge in [0.05, 0.1) is 19.9 Å². The number of nitrogens with zero attached hydrogens (tertiary/aromatic N) is 4. The van der Waals surface area contributed by atoms with Gasteiger partial charge in [-0.15, -0.1) is 0 Å². The molecule has 1 N–H and O–H groups in total. The number of methoxy groups -OCH3 is 2. The van der Waals surface area contributed by atoms with Gasteiger partial charge < -0.3 is 19.7 Å². The summed E-state index contributed by atoms with van der Waals surface area (Å²) >= 11 is 0. The third kappa shape index (κ3) is 7.74. The Morgan fingerprint density at radius 1 is 1.09 bits per heavy atom. The van der Waals surface area contributed by atoms with Gasteiger partial charge in [-0.2, -0.15) is 5.10 Å². The molecule has 1 amide bonds. The molecule has 0 saturated carbocycles. The largest absolute Gasteiger partial charge is 0.493 e. The van der Waals surface area contributed by atoms with Crippen LogP contribution < -0.4 is 14.8 Å². The van der Waals surface area contributed by atoms with Crippen molar-refractivity contribution in [2.45, 2.75) is 19.3 Å². The lowest BCUT2D eigenvalue weighted by Gasteiger charge is -2.17. The first-order chi connectivity index (χ1) is 16.6. The van der Waals surface area contributed by atoms with Crippen LogP contribution in [0.3, 0.4) is 0 Å². The maximum absolute atomic E-state index is 12.1. The Labute approximate surface area is 201 Å². The zero-order valence-electron chi connectivity index (χ0n) is 20.1. The Hall–Kier alpha value is -3.65. The quantitative estimate of drug-likeness (QED) is 0.392. The number of benzene rings is 2. The van der Waals surface area contributed by atoms with Crippen molar-refractivity contribution in [3.8, 4) is 17.2 Å². The second-order valence-electron chi connectivity index (χ2n) is 7.98. The van der Waals surface area contributed by atoms with Crippen LogP contribution >= 0.6 is 0 Å². The van der Waals surface area contributed by atoms with Gasteiger partial charge in [-0.05, 0) is 61.8 Å². The molecule has 8 heteroatoms. The molecule has 0 radical (unpaired) electrons. The molecular weight excluding hydrogens is 430 g/mol. The summed E-state index contributed by atoms with van der Waals surface area (Å²) in [4.78, 5) is 18.3. The Morgan fingerprint density at radius 2 is 1.88 bits per heavy atom. The van der Waals surface area contributed by atoms with Crippen molar-refractivity contribution >= 4 is 12.0 Å². The lowest BCUT2D eigenvalue weighted by atomic mass is 10.1. The second-order valence-corrected chi connectivity index (χ2v) is 7.98. The second kappa shape index (κ2) is 13.2. The van der Waals surface area contributed by atoms with Crippen LogP contribution in [0.2, 0.25) is 0 Å². The zero-order valence-corrected chi connectivity index (χ0v) is 20.1. The first-order valence-corrected chi connectivity index (χ1v) is 11.4. The molecule has 3 rings (SSSR count). The zero-order chi connectivity index (χ0) is 24.2. The number of hydrogen-bond acceptors (Lipinski definition) is 6. The lowest BCUT2D eigenvalue weighted by molar-refractivity contribution is -0.120. The maximum Gasteiger partial charge on any atom is 0.223 e. The van der Waals surface area contributed by atoms with Gasteiger partial charge in [0.1, 0.15) is 12.7 Å². The summed E-state index contributed by atoms with van der Waals surface area (Å²) in [5.41, 5.74) is 3.19. The molecule has 1 aromatic heterocycles. The number of likely N-dealkylation sites (N-methyl/N-ethyl adjacent to an activating group) is 1. The number of aromatic nitrogens is 3. The molecule has 2 aromatic carbocycles. The predicted molar refractivity (Wildman–Crippen MR) is 133 cm³/mol. The first-order valence-electron chi connectivity index (χ1n) is 11.4. The van der Waals surface area contributed by atoms with Crippen molar-refractivity contribution < 1.29 is 14.3 Å². The van der Waals surface area contributed by atoms with Gasteiger partial charge in [-0.3, -0.25) is 4.79 Å². The molecule has 8 nitrogen and oxygen atoms in total. The number of nitrogens with one attached hydrogen (secondary N) is 1. The average molecular weight is 464 g/mol. The van der Waals surface area contributed by atoms with Gasteiger partial charge in [-0.1, -0.05) is 30.4 Å². The summed E-state index contributed by atoms with van der Waals surface area (Å²) in [5, 5.41) is 7.09. The van der Waals surface area contributed by atoms with Crippen molar-refractivity contribution in [1.29, 1.82) is 0 Å². The van der Waals surface area contributed by atoms with E-state index >= 15 is 0 Å². The van der Waals surface area contributed by atoms with E-state index in [2.05, 4.69) is 33.4 Å². The normalized spacial score (nSPS) is 11.2.